The maximum atomic E-state index is 11.2. The van der Waals surface area contributed by atoms with Gasteiger partial charge in [0.15, 0.2) is 0 Å². The standard InChI is InChI=1S/C4H5F3O4.C2F3O2.Rf/c5-4(6,7)11-3(9)1-10-2-8;3-2(4,5)7-1-6;/h8H,1-2H2;;/q;-1;. The molecule has 0 fully saturated rings. The molecule has 1 N–H and O–H groups in total. The molecular formula is C6H5F6O6Rf-. The molecule has 13 heteroatoms. The largest absolute Gasteiger partial charge is 0.576 e. The second-order valence-corrected chi connectivity index (χ2v) is 2.03. The molecule has 0 aromatic rings. The third kappa shape index (κ3) is 25.6. The summed E-state index contributed by atoms with van der Waals surface area (Å²) < 4.78 is 74.4. The summed E-state index contributed by atoms with van der Waals surface area (Å²) in [5.41, 5.74) is 0. The Kier molecular flexibility index (Phi) is 10.8. The molecule has 0 aliphatic rings. The Morgan fingerprint density at radius 1 is 1.11 bits per heavy atom. The van der Waals surface area contributed by atoms with E-state index in [1.807, 2.05) is 0 Å². The molecule has 0 atom stereocenters. The molecule has 0 amide bonds. The molecule has 19 heavy (non-hydrogen) atoms. The number of carbonyl (C=O) groups is 1. The Hall–Kier alpha value is -2.56. The first-order valence-corrected chi connectivity index (χ1v) is 3.61. The molecule has 0 aliphatic heterocycles. The van der Waals surface area contributed by atoms with E-state index >= 15 is 0 Å². The monoisotopic (exact) mass is 554 g/mol. The van der Waals surface area contributed by atoms with Crippen molar-refractivity contribution < 1.29 is 55.2 Å². The number of aliphatic hydroxyl groups is 1. The zero-order chi connectivity index (χ0) is 14.8. The van der Waals surface area contributed by atoms with E-state index in [1.54, 1.807) is 0 Å². The predicted octanol–water partition coefficient (Wildman–Crippen LogP) is 0.606. The van der Waals surface area contributed by atoms with Crippen LogP contribution in [-0.4, -0.2) is 43.7 Å². The van der Waals surface area contributed by atoms with Crippen molar-refractivity contribution in [2.45, 2.75) is 12.7 Å². The number of aliphatic hydroxyl groups excluding tert-OH is 1. The van der Waals surface area contributed by atoms with Gasteiger partial charge in [0.2, 0.25) is 0 Å². The summed E-state index contributed by atoms with van der Waals surface area (Å²) in [6.07, 6.45) is -9.86. The molecule has 0 aromatic carbocycles. The second-order valence-electron chi connectivity index (χ2n) is 2.03. The molecular weight excluding hydrogens is 549 g/mol. The molecule has 0 aliphatic carbocycles. The first kappa shape index (κ1) is 21.7. The summed E-state index contributed by atoms with van der Waals surface area (Å²) in [5.74, 6) is -1.59. The normalized spacial score (nSPS) is 10.5. The van der Waals surface area contributed by atoms with Crippen LogP contribution in [0.3, 0.4) is 0 Å². The summed E-state index contributed by atoms with van der Waals surface area (Å²) in [7, 11) is 0. The maximum absolute atomic E-state index is 11.2. The Morgan fingerprint density at radius 2 is 1.58 bits per heavy atom. The molecule has 0 heterocycles. The van der Waals surface area contributed by atoms with E-state index in [4.69, 9.17) is 9.90 Å². The van der Waals surface area contributed by atoms with Crippen LogP contribution in [-0.2, 0) is 23.8 Å². The molecule has 0 saturated heterocycles. The number of carbonyl (C=O) groups excluding carboxylic acids is 2. The molecule has 0 aromatic heterocycles. The van der Waals surface area contributed by atoms with Crippen LogP contribution in [0.5, 0.6) is 0 Å². The van der Waals surface area contributed by atoms with Crippen LogP contribution in [0, 0.1) is 0 Å². The van der Waals surface area contributed by atoms with Crippen molar-refractivity contribution in [3.8, 4) is 0 Å². The van der Waals surface area contributed by atoms with E-state index in [9.17, 15) is 31.1 Å². The van der Waals surface area contributed by atoms with Crippen molar-refractivity contribution in [1.29, 1.82) is 0 Å². The maximum Gasteiger partial charge on any atom is 0.575 e. The average molecular weight is 554 g/mol. The van der Waals surface area contributed by atoms with Crippen LogP contribution in [0.25, 0.3) is 0 Å². The SMILES string of the molecule is O=C(COCO)OC(F)(F)F.O=[C-]OC(F)(F)F.[Rf]. The molecule has 6 nitrogen and oxygen atoms in total. The zero-order valence-corrected chi connectivity index (χ0v) is 15.3. The minimum atomic E-state index is -4.99. The molecule has 110 valence electrons. The van der Waals surface area contributed by atoms with Crippen LogP contribution < -0.4 is 0 Å². The van der Waals surface area contributed by atoms with Crippen molar-refractivity contribution in [1.82, 2.24) is 0 Å². The number of rotatable bonds is 4. The third-order valence-corrected chi connectivity index (χ3v) is 0.698. The smallest absolute Gasteiger partial charge is 0.575 e. The van der Waals surface area contributed by atoms with Crippen molar-refractivity contribution in [2.75, 3.05) is 13.4 Å². The van der Waals surface area contributed by atoms with Crippen molar-refractivity contribution in [3.63, 3.8) is 0 Å². The van der Waals surface area contributed by atoms with Gasteiger partial charge in [-0.05, 0) is 0 Å². The van der Waals surface area contributed by atoms with Crippen molar-refractivity contribution in [3.05, 3.63) is 0 Å². The van der Waals surface area contributed by atoms with Crippen LogP contribution in [0.15, 0.2) is 0 Å². The Morgan fingerprint density at radius 3 is 1.79 bits per heavy atom. The fraction of sp³-hybridized carbons (Fsp3) is 0.667. The van der Waals surface area contributed by atoms with Crippen molar-refractivity contribution in [2.24, 2.45) is 0 Å². The number of esters is 1. The molecule has 0 spiro atoms. The van der Waals surface area contributed by atoms with E-state index in [-0.39, 0.29) is 6.47 Å². The molecule has 0 radical (unpaired) electrons. The van der Waals surface area contributed by atoms with Crippen LogP contribution in [0.4, 0.5) is 26.3 Å². The van der Waals surface area contributed by atoms with Crippen LogP contribution >= 0.6 is 0 Å². The first-order chi connectivity index (χ1) is 8.02. The minimum Gasteiger partial charge on any atom is -0.576 e. The summed E-state index contributed by atoms with van der Waals surface area (Å²) in [4.78, 5) is 18.8. The number of alkyl halides is 6. The molecule has 0 unspecified atom stereocenters. The van der Waals surface area contributed by atoms with Crippen molar-refractivity contribution >= 4 is 12.4 Å². The summed E-state index contributed by atoms with van der Waals surface area (Å²) in [6.45, 7) is -1.51. The predicted molar refractivity (Wildman–Crippen MR) is 38.0 cm³/mol. The number of hydrogen-bond donors (Lipinski definition) is 1. The van der Waals surface area contributed by atoms with Gasteiger partial charge in [-0.15, -0.1) is 26.3 Å². The number of hydrogen-bond acceptors (Lipinski definition) is 6. The first-order valence-electron chi connectivity index (χ1n) is 3.61. The minimum absolute atomic E-state index is 0. The van der Waals surface area contributed by atoms with Gasteiger partial charge in [-0.2, -0.15) is 0 Å². The van der Waals surface area contributed by atoms with Crippen LogP contribution in [0.1, 0.15) is 0 Å². The Balaban J connectivity index is -0.000000280. The van der Waals surface area contributed by atoms with Gasteiger partial charge in [-0.25, -0.2) is 4.79 Å². The van der Waals surface area contributed by atoms with Crippen LogP contribution in [0.2, 0.25) is 0 Å². The summed E-state index contributed by atoms with van der Waals surface area (Å²) in [6, 6.07) is 0. The van der Waals surface area contributed by atoms with Gasteiger partial charge in [0, 0.05) is 0 Å². The summed E-state index contributed by atoms with van der Waals surface area (Å²) in [5, 5.41) is 7.90. The van der Waals surface area contributed by atoms with E-state index in [0.29, 0.717) is 0 Å². The average Bonchev–Trinajstić information content (AvgIpc) is 2.11. The van der Waals surface area contributed by atoms with E-state index in [1.165, 1.54) is 0 Å². The zero-order valence-electron chi connectivity index (χ0n) is 8.88. The fourth-order valence-electron chi connectivity index (χ4n) is 0.335. The van der Waals surface area contributed by atoms with Gasteiger partial charge >= 0.3 is 18.7 Å². The van der Waals surface area contributed by atoms with E-state index < -0.39 is 32.1 Å². The summed E-state index contributed by atoms with van der Waals surface area (Å²) >= 11 is 0. The molecule has 0 saturated carbocycles. The van der Waals surface area contributed by atoms with Gasteiger partial charge in [-0.3, -0.25) is 0 Å². The quantitative estimate of drug-likeness (QED) is 0.238. The number of ether oxygens (including phenoxy) is 3. The van der Waals surface area contributed by atoms with Gasteiger partial charge < -0.3 is 24.1 Å². The number of halogens is 6. The van der Waals surface area contributed by atoms with Gasteiger partial charge in [0.05, 0.1) is 0 Å². The van der Waals surface area contributed by atoms with E-state index in [0.717, 1.165) is 0 Å². The Labute approximate surface area is 95.0 Å². The van der Waals surface area contributed by atoms with Gasteiger partial charge in [0.1, 0.15) is 13.4 Å². The topological polar surface area (TPSA) is 82.1 Å². The molecule has 0 bridgehead atoms. The fourth-order valence-corrected chi connectivity index (χ4v) is 0.335. The second kappa shape index (κ2) is 9.47. The van der Waals surface area contributed by atoms with Gasteiger partial charge in [-0.1, -0.05) is 6.47 Å². The van der Waals surface area contributed by atoms with E-state index in [2.05, 4.69) is 14.2 Å². The Bertz CT molecular complexity index is 254. The third-order valence-electron chi connectivity index (χ3n) is 0.698. The molecule has 0 rings (SSSR count). The van der Waals surface area contributed by atoms with Gasteiger partial charge in [0.25, 0.3) is 0 Å².